The van der Waals surface area contributed by atoms with E-state index in [1.54, 1.807) is 0 Å². The topological polar surface area (TPSA) is 48.1 Å². The minimum Gasteiger partial charge on any atom is -0.370 e. The second kappa shape index (κ2) is 10.2. The van der Waals surface area contributed by atoms with Gasteiger partial charge in [0, 0.05) is 43.4 Å². The van der Waals surface area contributed by atoms with Crippen LogP contribution in [0.1, 0.15) is 6.92 Å². The van der Waals surface area contributed by atoms with Gasteiger partial charge in [-0.3, -0.25) is 4.99 Å². The lowest BCUT2D eigenvalue weighted by molar-refractivity contribution is 0.357. The summed E-state index contributed by atoms with van der Waals surface area (Å²) >= 11 is 5.93. The molecule has 5 nitrogen and oxygen atoms in total. The van der Waals surface area contributed by atoms with E-state index in [1.165, 1.54) is 5.69 Å². The van der Waals surface area contributed by atoms with E-state index in [4.69, 9.17) is 17.3 Å². The number of anilines is 1. The van der Waals surface area contributed by atoms with Crippen LogP contribution >= 0.6 is 35.6 Å². The summed E-state index contributed by atoms with van der Waals surface area (Å²) in [6, 6.07) is 8.00. The standard InChI is InChI=1S/C16H26ClN5.HI/c1-3-20(2)9-8-19-16(18)22-12-10-21(11-13-22)15-6-4-14(17)5-7-15;/h4-7H,3,8-13H2,1-2H3,(H2,18,19);1H. The van der Waals surface area contributed by atoms with E-state index in [0.29, 0.717) is 5.96 Å². The van der Waals surface area contributed by atoms with E-state index in [-0.39, 0.29) is 24.0 Å². The van der Waals surface area contributed by atoms with Crippen molar-refractivity contribution < 1.29 is 0 Å². The Morgan fingerprint density at radius 2 is 1.83 bits per heavy atom. The highest BCUT2D eigenvalue weighted by Crippen LogP contribution is 2.19. The maximum Gasteiger partial charge on any atom is 0.191 e. The molecule has 7 heteroatoms. The zero-order valence-corrected chi connectivity index (χ0v) is 17.0. The Morgan fingerprint density at radius 3 is 2.39 bits per heavy atom. The van der Waals surface area contributed by atoms with Gasteiger partial charge in [-0.05, 0) is 37.9 Å². The Bertz CT molecular complexity index is 486. The van der Waals surface area contributed by atoms with Crippen molar-refractivity contribution in [2.45, 2.75) is 6.92 Å². The molecule has 1 aliphatic heterocycles. The molecule has 1 aromatic carbocycles. The molecule has 0 unspecified atom stereocenters. The molecule has 1 aliphatic rings. The zero-order chi connectivity index (χ0) is 15.9. The largest absolute Gasteiger partial charge is 0.370 e. The number of likely N-dealkylation sites (N-methyl/N-ethyl adjacent to an activating group) is 1. The van der Waals surface area contributed by atoms with Crippen LogP contribution in [0.15, 0.2) is 29.3 Å². The van der Waals surface area contributed by atoms with Crippen molar-refractivity contribution in [2.75, 3.05) is 57.8 Å². The summed E-state index contributed by atoms with van der Waals surface area (Å²) in [7, 11) is 2.09. The van der Waals surface area contributed by atoms with Crippen molar-refractivity contribution >= 4 is 47.2 Å². The molecular formula is C16H27ClIN5. The van der Waals surface area contributed by atoms with Gasteiger partial charge >= 0.3 is 0 Å². The Labute approximate surface area is 161 Å². The van der Waals surface area contributed by atoms with Crippen LogP contribution in [0.2, 0.25) is 5.02 Å². The second-order valence-corrected chi connectivity index (χ2v) is 6.02. The van der Waals surface area contributed by atoms with Crippen LogP contribution in [0.4, 0.5) is 5.69 Å². The minimum atomic E-state index is 0. The number of piperazine rings is 1. The van der Waals surface area contributed by atoms with E-state index in [2.05, 4.69) is 45.8 Å². The third-order valence-corrected chi connectivity index (χ3v) is 4.34. The fraction of sp³-hybridized carbons (Fsp3) is 0.562. The molecule has 1 fully saturated rings. The molecule has 0 spiro atoms. The Hall–Kier alpha value is -0.730. The fourth-order valence-corrected chi connectivity index (χ4v) is 2.57. The maximum absolute atomic E-state index is 6.10. The molecular weight excluding hydrogens is 425 g/mol. The lowest BCUT2D eigenvalue weighted by atomic mass is 10.2. The molecule has 0 radical (unpaired) electrons. The number of benzene rings is 1. The molecule has 130 valence electrons. The highest BCUT2D eigenvalue weighted by molar-refractivity contribution is 14.0. The van der Waals surface area contributed by atoms with E-state index in [1.807, 2.05) is 12.1 Å². The smallest absolute Gasteiger partial charge is 0.191 e. The van der Waals surface area contributed by atoms with Crippen molar-refractivity contribution in [3.05, 3.63) is 29.3 Å². The normalized spacial score (nSPS) is 15.7. The molecule has 2 N–H and O–H groups in total. The van der Waals surface area contributed by atoms with Gasteiger partial charge in [0.05, 0.1) is 6.54 Å². The first-order valence-electron chi connectivity index (χ1n) is 7.84. The summed E-state index contributed by atoms with van der Waals surface area (Å²) in [5, 5.41) is 0.774. The molecule has 1 saturated heterocycles. The average molecular weight is 452 g/mol. The van der Waals surface area contributed by atoms with Gasteiger partial charge in [-0.25, -0.2) is 0 Å². The van der Waals surface area contributed by atoms with Gasteiger partial charge in [0.25, 0.3) is 0 Å². The minimum absolute atomic E-state index is 0. The molecule has 0 aromatic heterocycles. The third-order valence-electron chi connectivity index (χ3n) is 4.09. The quantitative estimate of drug-likeness (QED) is 0.424. The van der Waals surface area contributed by atoms with Gasteiger partial charge in [-0.1, -0.05) is 18.5 Å². The Morgan fingerprint density at radius 1 is 1.22 bits per heavy atom. The van der Waals surface area contributed by atoms with Gasteiger partial charge in [0.2, 0.25) is 0 Å². The summed E-state index contributed by atoms with van der Waals surface area (Å²) in [6.07, 6.45) is 0. The molecule has 0 bridgehead atoms. The van der Waals surface area contributed by atoms with Crippen molar-refractivity contribution in [1.82, 2.24) is 9.80 Å². The maximum atomic E-state index is 6.10. The Kier molecular flexibility index (Phi) is 9.01. The monoisotopic (exact) mass is 451 g/mol. The molecule has 1 heterocycles. The molecule has 0 saturated carbocycles. The number of nitrogens with zero attached hydrogens (tertiary/aromatic N) is 4. The number of nitrogens with two attached hydrogens (primary N) is 1. The first-order chi connectivity index (χ1) is 10.6. The van der Waals surface area contributed by atoms with Crippen LogP contribution in [0.25, 0.3) is 0 Å². The number of hydrogen-bond donors (Lipinski definition) is 1. The van der Waals surface area contributed by atoms with Crippen LogP contribution in [0, 0.1) is 0 Å². The van der Waals surface area contributed by atoms with E-state index in [0.717, 1.165) is 50.8 Å². The fourth-order valence-electron chi connectivity index (χ4n) is 2.44. The first kappa shape index (κ1) is 20.3. The molecule has 0 aliphatic carbocycles. The zero-order valence-electron chi connectivity index (χ0n) is 13.9. The van der Waals surface area contributed by atoms with Crippen LogP contribution in [0.3, 0.4) is 0 Å². The summed E-state index contributed by atoms with van der Waals surface area (Å²) in [6.45, 7) is 8.59. The number of halogens is 2. The molecule has 0 amide bonds. The predicted molar refractivity (Wildman–Crippen MR) is 110 cm³/mol. The van der Waals surface area contributed by atoms with Gasteiger partial charge in [-0.2, -0.15) is 0 Å². The highest BCUT2D eigenvalue weighted by atomic mass is 127. The van der Waals surface area contributed by atoms with Gasteiger partial charge in [0.1, 0.15) is 0 Å². The highest BCUT2D eigenvalue weighted by Gasteiger charge is 2.18. The predicted octanol–water partition coefficient (Wildman–Crippen LogP) is 2.35. The number of hydrogen-bond acceptors (Lipinski definition) is 3. The summed E-state index contributed by atoms with van der Waals surface area (Å²) < 4.78 is 0. The SMILES string of the molecule is CCN(C)CCN=C(N)N1CCN(c2ccc(Cl)cc2)CC1.I. The lowest BCUT2D eigenvalue weighted by Crippen LogP contribution is -2.51. The first-order valence-corrected chi connectivity index (χ1v) is 8.22. The summed E-state index contributed by atoms with van der Waals surface area (Å²) in [5.74, 6) is 0.667. The van der Waals surface area contributed by atoms with Crippen molar-refractivity contribution in [3.63, 3.8) is 0 Å². The Balaban J connectivity index is 0.00000264. The molecule has 1 aromatic rings. The number of aliphatic imine (C=N–C) groups is 1. The second-order valence-electron chi connectivity index (χ2n) is 5.59. The van der Waals surface area contributed by atoms with Crippen LogP contribution in [0.5, 0.6) is 0 Å². The van der Waals surface area contributed by atoms with E-state index < -0.39 is 0 Å². The molecule has 2 rings (SSSR count). The number of guanidine groups is 1. The van der Waals surface area contributed by atoms with Gasteiger partial charge in [-0.15, -0.1) is 24.0 Å². The van der Waals surface area contributed by atoms with Crippen molar-refractivity contribution in [2.24, 2.45) is 10.7 Å². The van der Waals surface area contributed by atoms with Crippen molar-refractivity contribution in [3.8, 4) is 0 Å². The van der Waals surface area contributed by atoms with Crippen molar-refractivity contribution in [1.29, 1.82) is 0 Å². The molecule has 0 atom stereocenters. The number of rotatable bonds is 5. The third kappa shape index (κ3) is 6.35. The van der Waals surface area contributed by atoms with Crippen LogP contribution < -0.4 is 10.6 Å². The molecule has 23 heavy (non-hydrogen) atoms. The average Bonchev–Trinajstić information content (AvgIpc) is 2.55. The van der Waals surface area contributed by atoms with E-state index in [9.17, 15) is 0 Å². The van der Waals surface area contributed by atoms with E-state index >= 15 is 0 Å². The van der Waals surface area contributed by atoms with Crippen LogP contribution in [-0.4, -0.2) is 68.6 Å². The van der Waals surface area contributed by atoms with Gasteiger partial charge in [0.15, 0.2) is 5.96 Å². The lowest BCUT2D eigenvalue weighted by Gasteiger charge is -2.36. The van der Waals surface area contributed by atoms with Gasteiger partial charge < -0.3 is 20.4 Å². The summed E-state index contributed by atoms with van der Waals surface area (Å²) in [5.41, 5.74) is 7.31. The van der Waals surface area contributed by atoms with Crippen LogP contribution in [-0.2, 0) is 0 Å². The summed E-state index contributed by atoms with van der Waals surface area (Å²) in [4.78, 5) is 11.2.